The molecule has 3 aromatic rings. The van der Waals surface area contributed by atoms with E-state index in [9.17, 15) is 14.5 Å². The molecule has 0 aliphatic heterocycles. The van der Waals surface area contributed by atoms with Gasteiger partial charge < -0.3 is 9.88 Å². The minimum atomic E-state index is -0.641. The number of nitro benzene ring substituents is 1. The first-order valence-corrected chi connectivity index (χ1v) is 7.35. The second-order valence-corrected chi connectivity index (χ2v) is 5.23. The Kier molecular flexibility index (Phi) is 4.51. The molecule has 0 aliphatic rings. The zero-order valence-corrected chi connectivity index (χ0v) is 12.7. The molecule has 0 amide bonds. The monoisotopic (exact) mass is 326 g/mol. The molecular formula is C17H15FN4O2. The van der Waals surface area contributed by atoms with Gasteiger partial charge in [0.15, 0.2) is 0 Å². The smallest absolute Gasteiger partial charge is 0.295 e. The van der Waals surface area contributed by atoms with Crippen molar-refractivity contribution >= 4 is 11.4 Å². The molecular weight excluding hydrogens is 311 g/mol. The highest BCUT2D eigenvalue weighted by Gasteiger charge is 2.15. The molecule has 0 saturated heterocycles. The Bertz CT molecular complexity index is 849. The Morgan fingerprint density at radius 3 is 2.75 bits per heavy atom. The molecule has 1 heterocycles. The van der Waals surface area contributed by atoms with Gasteiger partial charge >= 0.3 is 0 Å². The summed E-state index contributed by atoms with van der Waals surface area (Å²) in [6.45, 7) is 0.954. The largest absolute Gasteiger partial charge is 0.372 e. The van der Waals surface area contributed by atoms with Crippen molar-refractivity contribution in [2.45, 2.75) is 13.1 Å². The zero-order valence-electron chi connectivity index (χ0n) is 12.7. The number of nitrogens with zero attached hydrogens (tertiary/aromatic N) is 3. The second kappa shape index (κ2) is 6.91. The van der Waals surface area contributed by atoms with Gasteiger partial charge in [0.05, 0.1) is 17.5 Å². The van der Waals surface area contributed by atoms with Crippen molar-refractivity contribution in [1.82, 2.24) is 9.55 Å². The van der Waals surface area contributed by atoms with Crippen LogP contribution in [0.25, 0.3) is 0 Å². The molecule has 2 aromatic carbocycles. The van der Waals surface area contributed by atoms with Gasteiger partial charge in [0.1, 0.15) is 17.3 Å². The Morgan fingerprint density at radius 1 is 1.21 bits per heavy atom. The van der Waals surface area contributed by atoms with Crippen molar-refractivity contribution < 1.29 is 9.31 Å². The lowest BCUT2D eigenvalue weighted by Crippen LogP contribution is -2.10. The molecule has 3 rings (SSSR count). The molecule has 0 spiro atoms. The maximum Gasteiger partial charge on any atom is 0.295 e. The number of benzene rings is 2. The van der Waals surface area contributed by atoms with Crippen LogP contribution < -0.4 is 5.32 Å². The summed E-state index contributed by atoms with van der Waals surface area (Å²) in [5.74, 6) is 0.0929. The van der Waals surface area contributed by atoms with Gasteiger partial charge in [-0.1, -0.05) is 30.3 Å². The van der Waals surface area contributed by atoms with Crippen LogP contribution >= 0.6 is 0 Å². The van der Waals surface area contributed by atoms with Gasteiger partial charge in [0, 0.05) is 18.9 Å². The van der Waals surface area contributed by atoms with Crippen LogP contribution in [0.5, 0.6) is 0 Å². The van der Waals surface area contributed by atoms with Gasteiger partial charge in [0.25, 0.3) is 5.69 Å². The lowest BCUT2D eigenvalue weighted by atomic mass is 10.2. The Morgan fingerprint density at radius 2 is 2.00 bits per heavy atom. The number of nitrogens with one attached hydrogen (secondary N) is 1. The van der Waals surface area contributed by atoms with Gasteiger partial charge in [-0.3, -0.25) is 10.1 Å². The van der Waals surface area contributed by atoms with Crippen molar-refractivity contribution in [3.63, 3.8) is 0 Å². The van der Waals surface area contributed by atoms with E-state index in [2.05, 4.69) is 10.3 Å². The molecule has 0 radical (unpaired) electrons. The Labute approximate surface area is 137 Å². The molecule has 7 heteroatoms. The van der Waals surface area contributed by atoms with Crippen molar-refractivity contribution in [2.24, 2.45) is 0 Å². The van der Waals surface area contributed by atoms with Crippen LogP contribution in [0.3, 0.4) is 0 Å². The number of rotatable bonds is 6. The van der Waals surface area contributed by atoms with Gasteiger partial charge in [-0.15, -0.1) is 0 Å². The summed E-state index contributed by atoms with van der Waals surface area (Å²) in [5, 5.41) is 14.0. The van der Waals surface area contributed by atoms with E-state index in [1.165, 1.54) is 12.1 Å². The first-order valence-electron chi connectivity index (χ1n) is 7.35. The third-order valence-corrected chi connectivity index (χ3v) is 3.59. The first-order chi connectivity index (χ1) is 11.6. The summed E-state index contributed by atoms with van der Waals surface area (Å²) in [6.07, 6.45) is 3.53. The molecule has 0 bridgehead atoms. The Hall–Kier alpha value is -3.22. The fourth-order valence-corrected chi connectivity index (χ4v) is 2.41. The maximum absolute atomic E-state index is 13.2. The van der Waals surface area contributed by atoms with Crippen molar-refractivity contribution in [3.05, 3.63) is 88.2 Å². The van der Waals surface area contributed by atoms with E-state index in [-0.39, 0.29) is 11.4 Å². The predicted molar refractivity (Wildman–Crippen MR) is 88.2 cm³/mol. The van der Waals surface area contributed by atoms with Crippen molar-refractivity contribution in [1.29, 1.82) is 0 Å². The normalized spacial score (nSPS) is 10.5. The van der Waals surface area contributed by atoms with Gasteiger partial charge in [-0.25, -0.2) is 9.37 Å². The molecule has 1 aromatic heterocycles. The molecule has 0 fully saturated rings. The first kappa shape index (κ1) is 15.7. The number of hydrogen-bond acceptors (Lipinski definition) is 4. The number of nitro groups is 1. The van der Waals surface area contributed by atoms with E-state index >= 15 is 0 Å². The average molecular weight is 326 g/mol. The standard InChI is InChI=1S/C17H15FN4O2/c18-14-6-7-15(16(10-14)22(23)24)20-11-17-19-8-9-21(17)12-13-4-2-1-3-5-13/h1-10,20H,11-12H2. The van der Waals surface area contributed by atoms with Crippen LogP contribution in [-0.2, 0) is 13.1 Å². The topological polar surface area (TPSA) is 73.0 Å². The number of imidazole rings is 1. The number of hydrogen-bond donors (Lipinski definition) is 1. The fourth-order valence-electron chi connectivity index (χ4n) is 2.41. The third kappa shape index (κ3) is 3.57. The highest BCUT2D eigenvalue weighted by atomic mass is 19.1. The van der Waals surface area contributed by atoms with E-state index in [0.29, 0.717) is 13.1 Å². The second-order valence-electron chi connectivity index (χ2n) is 5.23. The van der Waals surface area contributed by atoms with Gasteiger partial charge in [0.2, 0.25) is 0 Å². The minimum Gasteiger partial charge on any atom is -0.372 e. The minimum absolute atomic E-state index is 0.260. The van der Waals surface area contributed by atoms with E-state index in [1.807, 2.05) is 41.1 Å². The summed E-state index contributed by atoms with van der Waals surface area (Å²) < 4.78 is 15.1. The molecule has 1 N–H and O–H groups in total. The van der Waals surface area contributed by atoms with Crippen LogP contribution in [0.4, 0.5) is 15.8 Å². The van der Waals surface area contributed by atoms with Crippen LogP contribution in [0, 0.1) is 15.9 Å². The molecule has 0 unspecified atom stereocenters. The Balaban J connectivity index is 1.75. The van der Waals surface area contributed by atoms with E-state index in [4.69, 9.17) is 0 Å². The van der Waals surface area contributed by atoms with Crippen LogP contribution in [0.1, 0.15) is 11.4 Å². The molecule has 6 nitrogen and oxygen atoms in total. The summed E-state index contributed by atoms with van der Waals surface area (Å²) in [6, 6.07) is 13.4. The van der Waals surface area contributed by atoms with Gasteiger partial charge in [-0.2, -0.15) is 0 Å². The summed E-state index contributed by atoms with van der Waals surface area (Å²) in [5.41, 5.74) is 1.09. The lowest BCUT2D eigenvalue weighted by Gasteiger charge is -2.10. The maximum atomic E-state index is 13.2. The summed E-state index contributed by atoms with van der Waals surface area (Å²) >= 11 is 0. The predicted octanol–water partition coefficient (Wildman–Crippen LogP) is 3.59. The highest BCUT2D eigenvalue weighted by molar-refractivity contribution is 5.61. The molecule has 122 valence electrons. The lowest BCUT2D eigenvalue weighted by molar-refractivity contribution is -0.384. The number of aromatic nitrogens is 2. The van der Waals surface area contributed by atoms with E-state index in [0.717, 1.165) is 17.5 Å². The van der Waals surface area contributed by atoms with Gasteiger partial charge in [-0.05, 0) is 17.7 Å². The fraction of sp³-hybridized carbons (Fsp3) is 0.118. The van der Waals surface area contributed by atoms with Crippen LogP contribution in [-0.4, -0.2) is 14.5 Å². The molecule has 0 atom stereocenters. The average Bonchev–Trinajstić information content (AvgIpc) is 3.01. The summed E-state index contributed by atoms with van der Waals surface area (Å²) in [4.78, 5) is 14.7. The zero-order chi connectivity index (χ0) is 16.9. The van der Waals surface area contributed by atoms with Crippen molar-refractivity contribution in [3.8, 4) is 0 Å². The SMILES string of the molecule is O=[N+]([O-])c1cc(F)ccc1NCc1nccn1Cc1ccccc1. The molecule has 0 aliphatic carbocycles. The number of anilines is 1. The number of halogens is 1. The third-order valence-electron chi connectivity index (χ3n) is 3.59. The van der Waals surface area contributed by atoms with Crippen molar-refractivity contribution in [2.75, 3.05) is 5.32 Å². The van der Waals surface area contributed by atoms with Crippen LogP contribution in [0.2, 0.25) is 0 Å². The van der Waals surface area contributed by atoms with Crippen LogP contribution in [0.15, 0.2) is 60.9 Å². The summed E-state index contributed by atoms with van der Waals surface area (Å²) in [7, 11) is 0. The molecule has 24 heavy (non-hydrogen) atoms. The quantitative estimate of drug-likeness (QED) is 0.555. The van der Waals surface area contributed by atoms with E-state index in [1.54, 1.807) is 6.20 Å². The van der Waals surface area contributed by atoms with E-state index < -0.39 is 10.7 Å². The molecule has 0 saturated carbocycles. The highest BCUT2D eigenvalue weighted by Crippen LogP contribution is 2.25.